The van der Waals surface area contributed by atoms with Gasteiger partial charge >= 0.3 is 0 Å². The minimum atomic E-state index is 0.139. The van der Waals surface area contributed by atoms with Crippen molar-refractivity contribution in [2.45, 2.75) is 26.2 Å². The molecule has 78 valence electrons. The molecule has 0 aliphatic rings. The first kappa shape index (κ1) is 10.3. The van der Waals surface area contributed by atoms with E-state index in [9.17, 15) is 0 Å². The fourth-order valence-corrected chi connectivity index (χ4v) is 2.15. The van der Waals surface area contributed by atoms with Gasteiger partial charge in [0.2, 0.25) is 0 Å². The van der Waals surface area contributed by atoms with E-state index in [1.807, 2.05) is 18.6 Å². The predicted octanol–water partition coefficient (Wildman–Crippen LogP) is 3.50. The van der Waals surface area contributed by atoms with Gasteiger partial charge in [-0.05, 0) is 28.6 Å². The van der Waals surface area contributed by atoms with Gasteiger partial charge in [-0.3, -0.25) is 4.98 Å². The molecule has 0 amide bonds. The Labute approximate surface area is 94.2 Å². The number of aromatic nitrogens is 2. The third kappa shape index (κ3) is 2.07. The van der Waals surface area contributed by atoms with Crippen molar-refractivity contribution in [3.05, 3.63) is 35.6 Å². The van der Waals surface area contributed by atoms with Crippen LogP contribution in [0.3, 0.4) is 0 Å². The lowest BCUT2D eigenvalue weighted by atomic mass is 9.83. The summed E-state index contributed by atoms with van der Waals surface area (Å²) < 4.78 is 4.14. The number of rotatable bonds is 1. The molecule has 2 heterocycles. The smallest absolute Gasteiger partial charge is 0.0486 e. The van der Waals surface area contributed by atoms with Gasteiger partial charge in [0.25, 0.3) is 0 Å². The van der Waals surface area contributed by atoms with Crippen molar-refractivity contribution in [1.82, 2.24) is 9.36 Å². The lowest BCUT2D eigenvalue weighted by Crippen LogP contribution is -2.12. The lowest BCUT2D eigenvalue weighted by Gasteiger charge is -2.21. The molecule has 3 heteroatoms. The van der Waals surface area contributed by atoms with Crippen molar-refractivity contribution in [3.8, 4) is 11.1 Å². The third-order valence-corrected chi connectivity index (χ3v) is 2.96. The quantitative estimate of drug-likeness (QED) is 0.732. The van der Waals surface area contributed by atoms with E-state index < -0.39 is 0 Å². The molecule has 2 aromatic rings. The fourth-order valence-electron chi connectivity index (χ4n) is 1.62. The average molecular weight is 218 g/mol. The van der Waals surface area contributed by atoms with Crippen LogP contribution in [0.2, 0.25) is 0 Å². The summed E-state index contributed by atoms with van der Waals surface area (Å²) in [5.41, 5.74) is 3.81. The van der Waals surface area contributed by atoms with Crippen LogP contribution in [0.1, 0.15) is 26.3 Å². The normalized spacial score (nSPS) is 11.7. The summed E-state index contributed by atoms with van der Waals surface area (Å²) in [7, 11) is 0. The van der Waals surface area contributed by atoms with Gasteiger partial charge in [-0.15, -0.1) is 0 Å². The molecule has 2 rings (SSSR count). The number of hydrogen-bond donors (Lipinski definition) is 0. The van der Waals surface area contributed by atoms with Gasteiger partial charge in [-0.2, -0.15) is 0 Å². The number of nitrogens with zero attached hydrogens (tertiary/aromatic N) is 2. The van der Waals surface area contributed by atoms with Gasteiger partial charge in [0.1, 0.15) is 0 Å². The van der Waals surface area contributed by atoms with Gasteiger partial charge in [-0.25, -0.2) is 4.37 Å². The molecule has 0 fully saturated rings. The van der Waals surface area contributed by atoms with Gasteiger partial charge in [0.05, 0.1) is 0 Å². The summed E-state index contributed by atoms with van der Waals surface area (Å²) >= 11 is 1.48. The molecule has 0 aliphatic heterocycles. The summed E-state index contributed by atoms with van der Waals surface area (Å²) in [5.74, 6) is 0. The second-order valence-corrected chi connectivity index (χ2v) is 5.24. The maximum absolute atomic E-state index is 4.19. The molecule has 0 saturated heterocycles. The molecule has 0 spiro atoms. The Morgan fingerprint density at radius 1 is 1.20 bits per heavy atom. The minimum Gasteiger partial charge on any atom is -0.264 e. The Hall–Kier alpha value is -1.22. The van der Waals surface area contributed by atoms with Gasteiger partial charge in [0.15, 0.2) is 0 Å². The van der Waals surface area contributed by atoms with Gasteiger partial charge < -0.3 is 0 Å². The summed E-state index contributed by atoms with van der Waals surface area (Å²) in [6.45, 7) is 6.64. The first-order chi connectivity index (χ1) is 7.09. The van der Waals surface area contributed by atoms with Crippen LogP contribution in [0.4, 0.5) is 0 Å². The maximum Gasteiger partial charge on any atom is 0.0486 e. The van der Waals surface area contributed by atoms with Crippen LogP contribution in [0.5, 0.6) is 0 Å². The molecule has 0 saturated carbocycles. The molecule has 0 aromatic carbocycles. The Kier molecular flexibility index (Phi) is 2.57. The molecular weight excluding hydrogens is 204 g/mol. The number of pyridine rings is 1. The molecule has 0 unspecified atom stereocenters. The highest BCUT2D eigenvalue weighted by molar-refractivity contribution is 7.03. The maximum atomic E-state index is 4.19. The topological polar surface area (TPSA) is 25.8 Å². The highest BCUT2D eigenvalue weighted by atomic mass is 32.1. The molecule has 15 heavy (non-hydrogen) atoms. The van der Waals surface area contributed by atoms with Gasteiger partial charge in [0, 0.05) is 35.1 Å². The average Bonchev–Trinajstić information content (AvgIpc) is 2.69. The van der Waals surface area contributed by atoms with Crippen molar-refractivity contribution in [2.24, 2.45) is 0 Å². The predicted molar refractivity (Wildman–Crippen MR) is 64.0 cm³/mol. The second-order valence-electron chi connectivity index (χ2n) is 4.58. The third-order valence-electron chi connectivity index (χ3n) is 2.37. The SMILES string of the molecule is CC(C)(C)c1ccncc1-c1cnsc1. The molecule has 0 bridgehead atoms. The summed E-state index contributed by atoms with van der Waals surface area (Å²) in [4.78, 5) is 4.19. The van der Waals surface area contributed by atoms with Crippen molar-refractivity contribution < 1.29 is 0 Å². The summed E-state index contributed by atoms with van der Waals surface area (Å²) in [5, 5.41) is 2.06. The van der Waals surface area contributed by atoms with Crippen LogP contribution >= 0.6 is 11.5 Å². The Bertz CT molecular complexity index is 441. The van der Waals surface area contributed by atoms with Gasteiger partial charge in [-0.1, -0.05) is 20.8 Å². The highest BCUT2D eigenvalue weighted by Gasteiger charge is 2.18. The van der Waals surface area contributed by atoms with E-state index >= 15 is 0 Å². The van der Waals surface area contributed by atoms with E-state index in [1.165, 1.54) is 22.7 Å². The largest absolute Gasteiger partial charge is 0.264 e. The van der Waals surface area contributed by atoms with Crippen molar-refractivity contribution in [2.75, 3.05) is 0 Å². The van der Waals surface area contributed by atoms with Crippen molar-refractivity contribution in [1.29, 1.82) is 0 Å². The second kappa shape index (κ2) is 3.74. The first-order valence-corrected chi connectivity index (χ1v) is 5.77. The zero-order valence-corrected chi connectivity index (χ0v) is 10.0. The van der Waals surface area contributed by atoms with E-state index in [4.69, 9.17) is 0 Å². The zero-order valence-electron chi connectivity index (χ0n) is 9.19. The van der Waals surface area contributed by atoms with Crippen LogP contribution in [0.15, 0.2) is 30.0 Å². The molecule has 0 aliphatic carbocycles. The summed E-state index contributed by atoms with van der Waals surface area (Å²) in [6, 6.07) is 2.09. The molecule has 2 nitrogen and oxygen atoms in total. The van der Waals surface area contributed by atoms with Crippen LogP contribution < -0.4 is 0 Å². The van der Waals surface area contributed by atoms with E-state index in [-0.39, 0.29) is 5.41 Å². The summed E-state index contributed by atoms with van der Waals surface area (Å²) in [6.07, 6.45) is 5.67. The zero-order chi connectivity index (χ0) is 10.9. The van der Waals surface area contributed by atoms with Crippen LogP contribution in [-0.2, 0) is 5.41 Å². The molecule has 2 aromatic heterocycles. The first-order valence-electron chi connectivity index (χ1n) is 4.93. The molecule has 0 radical (unpaired) electrons. The molecular formula is C12H14N2S. The van der Waals surface area contributed by atoms with E-state index in [1.54, 1.807) is 0 Å². The highest BCUT2D eigenvalue weighted by Crippen LogP contribution is 2.32. The van der Waals surface area contributed by atoms with E-state index in [0.29, 0.717) is 0 Å². The van der Waals surface area contributed by atoms with Crippen LogP contribution in [-0.4, -0.2) is 9.36 Å². The molecule has 0 N–H and O–H groups in total. The van der Waals surface area contributed by atoms with Crippen molar-refractivity contribution in [3.63, 3.8) is 0 Å². The lowest BCUT2D eigenvalue weighted by molar-refractivity contribution is 0.591. The standard InChI is InChI=1S/C12H14N2S/c1-12(2,3)11-4-5-13-7-10(11)9-6-14-15-8-9/h4-8H,1-3H3. The van der Waals surface area contributed by atoms with E-state index in [2.05, 4.69) is 41.6 Å². The Balaban J connectivity index is 2.58. The molecule has 0 atom stereocenters. The van der Waals surface area contributed by atoms with Crippen LogP contribution in [0.25, 0.3) is 11.1 Å². The van der Waals surface area contributed by atoms with Crippen LogP contribution in [0, 0.1) is 0 Å². The van der Waals surface area contributed by atoms with E-state index in [0.717, 1.165) is 5.56 Å². The minimum absolute atomic E-state index is 0.139. The Morgan fingerprint density at radius 3 is 2.60 bits per heavy atom. The monoisotopic (exact) mass is 218 g/mol. The fraction of sp³-hybridized carbons (Fsp3) is 0.333. The Morgan fingerprint density at radius 2 is 2.00 bits per heavy atom. The number of hydrogen-bond acceptors (Lipinski definition) is 3. The van der Waals surface area contributed by atoms with Crippen molar-refractivity contribution >= 4 is 11.5 Å².